The largest absolute Gasteiger partial charge is 0.456 e. The molecular weight excluding hydrogens is 512 g/mol. The lowest BCUT2D eigenvalue weighted by atomic mass is 9.44. The molecule has 0 bridgehead atoms. The van der Waals surface area contributed by atoms with Crippen molar-refractivity contribution in [3.8, 4) is 0 Å². The van der Waals surface area contributed by atoms with Crippen molar-refractivity contribution in [1.29, 1.82) is 0 Å². The smallest absolute Gasteiger partial charge is 0.303 e. The van der Waals surface area contributed by atoms with Crippen LogP contribution in [0.2, 0.25) is 0 Å². The zero-order valence-corrected chi connectivity index (χ0v) is 27.2. The number of hydrogen-bond acceptors (Lipinski definition) is 4. The summed E-state index contributed by atoms with van der Waals surface area (Å²) in [5, 5.41) is 0. The first kappa shape index (κ1) is 29.9. The van der Waals surface area contributed by atoms with E-state index >= 15 is 0 Å². The van der Waals surface area contributed by atoms with Gasteiger partial charge in [-0.2, -0.15) is 0 Å². The van der Waals surface area contributed by atoms with E-state index in [0.717, 1.165) is 21.3 Å². The minimum Gasteiger partial charge on any atom is -0.456 e. The van der Waals surface area contributed by atoms with Crippen molar-refractivity contribution in [2.24, 2.45) is 34.5 Å². The van der Waals surface area contributed by atoms with Crippen LogP contribution in [-0.2, 0) is 19.1 Å². The number of quaternary nitrogens is 2. The number of likely N-dealkylation sites (tertiary alicyclic amines) is 2. The Morgan fingerprint density at radius 3 is 1.85 bits per heavy atom. The van der Waals surface area contributed by atoms with E-state index in [1.807, 2.05) is 0 Å². The topological polar surface area (TPSA) is 52.6 Å². The average molecular weight is 573 g/mol. The summed E-state index contributed by atoms with van der Waals surface area (Å²) in [6.45, 7) is 13.3. The molecule has 0 aromatic rings. The Morgan fingerprint density at radius 2 is 1.27 bits per heavy atom. The van der Waals surface area contributed by atoms with Gasteiger partial charge in [-0.1, -0.05) is 13.8 Å². The van der Waals surface area contributed by atoms with Crippen LogP contribution in [0.4, 0.5) is 0 Å². The van der Waals surface area contributed by atoms with Crippen molar-refractivity contribution < 1.29 is 28.0 Å². The molecule has 4 aliphatic carbocycles. The minimum atomic E-state index is -0.0998. The number of carbonyl (C=O) groups excluding carboxylic acids is 2. The predicted molar refractivity (Wildman–Crippen MR) is 161 cm³/mol. The van der Waals surface area contributed by atoms with Crippen LogP contribution in [0.15, 0.2) is 0 Å². The number of carbonyl (C=O) groups is 2. The molecule has 6 aliphatic rings. The van der Waals surface area contributed by atoms with Crippen LogP contribution in [0.25, 0.3) is 0 Å². The molecule has 41 heavy (non-hydrogen) atoms. The first-order chi connectivity index (χ1) is 19.4. The minimum absolute atomic E-state index is 0.0462. The summed E-state index contributed by atoms with van der Waals surface area (Å²) < 4.78 is 14.7. The highest BCUT2D eigenvalue weighted by molar-refractivity contribution is 5.66. The van der Waals surface area contributed by atoms with E-state index in [9.17, 15) is 9.59 Å². The lowest BCUT2D eigenvalue weighted by Gasteiger charge is -2.63. The van der Waals surface area contributed by atoms with Crippen molar-refractivity contribution in [3.05, 3.63) is 0 Å². The van der Waals surface area contributed by atoms with Gasteiger partial charge < -0.3 is 18.4 Å². The lowest BCUT2D eigenvalue weighted by Crippen LogP contribution is -2.66. The highest BCUT2D eigenvalue weighted by Gasteiger charge is 2.68. The molecule has 0 aromatic heterocycles. The number of hydrogen-bond donors (Lipinski definition) is 0. The van der Waals surface area contributed by atoms with E-state index < -0.39 is 0 Å². The number of rotatable bonds is 4. The van der Waals surface area contributed by atoms with E-state index in [1.165, 1.54) is 103 Å². The highest BCUT2D eigenvalue weighted by atomic mass is 16.5. The van der Waals surface area contributed by atoms with Gasteiger partial charge in [-0.05, 0) is 99.7 Å². The zero-order valence-electron chi connectivity index (χ0n) is 27.2. The van der Waals surface area contributed by atoms with Crippen molar-refractivity contribution in [3.63, 3.8) is 0 Å². The van der Waals surface area contributed by atoms with Gasteiger partial charge >= 0.3 is 11.9 Å². The highest BCUT2D eigenvalue weighted by Crippen LogP contribution is 2.68. The fourth-order valence-corrected chi connectivity index (χ4v) is 12.3. The standard InChI is InChI=1S/C35H60N2O4/c1-24(38)40-32-21-26-13-14-27-28(35(26,4)23-31(32)37(6)19-11-8-12-20-37)15-16-34(3)29(27)22-30(33(34)41-25(2)39)36(5)17-9-7-10-18-36/h26-33H,7-23H2,1-6H3/q+2/t26-,27+,28-,29-,30-,31+,32-,33-,34-,35-/m0/s1. The summed E-state index contributed by atoms with van der Waals surface area (Å²) in [4.78, 5) is 24.8. The quantitative estimate of drug-likeness (QED) is 0.301. The van der Waals surface area contributed by atoms with Crippen molar-refractivity contribution in [1.82, 2.24) is 0 Å². The molecule has 0 radical (unpaired) electrons. The van der Waals surface area contributed by atoms with Gasteiger partial charge in [0.05, 0.1) is 40.3 Å². The SMILES string of the molecule is CC(=O)O[C@H]1C[C@@H]2CC[C@@H]3[C@H](CC[C@@]4(C)[C@H]3C[C@H]([N+]3(C)CCCCC3)[C@@H]4OC(C)=O)[C@@]2(C)C[C@H]1[N+]1(C)CCCCC1. The average Bonchev–Trinajstić information content (AvgIpc) is 3.21. The maximum absolute atomic E-state index is 12.5. The Morgan fingerprint density at radius 1 is 0.683 bits per heavy atom. The van der Waals surface area contributed by atoms with Crippen LogP contribution >= 0.6 is 0 Å². The summed E-state index contributed by atoms with van der Waals surface area (Å²) >= 11 is 0. The van der Waals surface area contributed by atoms with Gasteiger partial charge in [0.2, 0.25) is 0 Å². The maximum Gasteiger partial charge on any atom is 0.303 e. The van der Waals surface area contributed by atoms with Crippen molar-refractivity contribution >= 4 is 11.9 Å². The van der Waals surface area contributed by atoms with Gasteiger partial charge in [0.15, 0.2) is 12.2 Å². The van der Waals surface area contributed by atoms with Crippen LogP contribution in [0.5, 0.6) is 0 Å². The van der Waals surface area contributed by atoms with Crippen LogP contribution < -0.4 is 0 Å². The van der Waals surface area contributed by atoms with E-state index in [0.29, 0.717) is 35.3 Å². The second-order valence-corrected chi connectivity index (χ2v) is 16.7. The molecule has 0 N–H and O–H groups in total. The molecule has 6 nitrogen and oxygen atoms in total. The molecule has 232 valence electrons. The van der Waals surface area contributed by atoms with E-state index in [-0.39, 0.29) is 29.6 Å². The Bertz CT molecular complexity index is 1000. The third-order valence-electron chi connectivity index (χ3n) is 14.5. The van der Waals surface area contributed by atoms with E-state index in [1.54, 1.807) is 13.8 Å². The van der Waals surface area contributed by atoms with Gasteiger partial charge in [-0.25, -0.2) is 0 Å². The van der Waals surface area contributed by atoms with Gasteiger partial charge in [0.1, 0.15) is 12.1 Å². The molecule has 2 heterocycles. The number of piperidine rings is 2. The normalized spacial score (nSPS) is 46.9. The monoisotopic (exact) mass is 572 g/mol. The van der Waals surface area contributed by atoms with E-state index in [2.05, 4.69) is 27.9 Å². The number of esters is 2. The van der Waals surface area contributed by atoms with E-state index in [4.69, 9.17) is 9.47 Å². The van der Waals surface area contributed by atoms with Crippen LogP contribution in [-0.4, -0.2) is 85.5 Å². The van der Waals surface area contributed by atoms with Crippen LogP contribution in [0.1, 0.15) is 111 Å². The van der Waals surface area contributed by atoms with Crippen molar-refractivity contribution in [2.75, 3.05) is 40.3 Å². The summed E-state index contributed by atoms with van der Waals surface area (Å²) in [6.07, 6.45) is 16.4. The maximum atomic E-state index is 12.5. The Hall–Kier alpha value is -1.14. The molecule has 0 amide bonds. The Kier molecular flexibility index (Phi) is 7.87. The van der Waals surface area contributed by atoms with Crippen LogP contribution in [0.3, 0.4) is 0 Å². The third kappa shape index (κ3) is 4.99. The van der Waals surface area contributed by atoms with Crippen molar-refractivity contribution in [2.45, 2.75) is 135 Å². The summed E-state index contributed by atoms with van der Waals surface area (Å²) in [6, 6.07) is 0.846. The molecule has 2 aliphatic heterocycles. The number of ether oxygens (including phenoxy) is 2. The third-order valence-corrected chi connectivity index (χ3v) is 14.5. The molecule has 2 saturated heterocycles. The summed E-state index contributed by atoms with van der Waals surface area (Å²) in [7, 11) is 4.94. The second-order valence-electron chi connectivity index (χ2n) is 16.7. The molecule has 6 rings (SSSR count). The molecule has 6 fully saturated rings. The Labute approximate surface area is 250 Å². The number of likely N-dealkylation sites (N-methyl/N-ethyl adjacent to an activating group) is 2. The molecule has 6 heteroatoms. The molecular formula is C35H60N2O4+2. The molecule has 4 saturated carbocycles. The van der Waals surface area contributed by atoms with Gasteiger partial charge in [-0.3, -0.25) is 9.59 Å². The zero-order chi connectivity index (χ0) is 29.2. The molecule has 10 atom stereocenters. The van der Waals surface area contributed by atoms with Gasteiger partial charge in [-0.15, -0.1) is 0 Å². The molecule has 0 aromatic carbocycles. The first-order valence-electron chi connectivity index (χ1n) is 17.4. The van der Waals surface area contributed by atoms with Gasteiger partial charge in [0, 0.05) is 32.1 Å². The number of fused-ring (bicyclic) bond motifs is 5. The number of nitrogens with zero attached hydrogens (tertiary/aromatic N) is 2. The molecule has 0 unspecified atom stereocenters. The first-order valence-corrected chi connectivity index (χ1v) is 17.4. The van der Waals surface area contributed by atoms with Gasteiger partial charge in [0.25, 0.3) is 0 Å². The summed E-state index contributed by atoms with van der Waals surface area (Å²) in [5.74, 6) is 2.52. The fourth-order valence-electron chi connectivity index (χ4n) is 12.3. The molecule has 0 spiro atoms. The predicted octanol–water partition coefficient (Wildman–Crippen LogP) is 6.11. The fraction of sp³-hybridized carbons (Fsp3) is 0.943. The van der Waals surface area contributed by atoms with Crippen LogP contribution in [0, 0.1) is 34.5 Å². The second kappa shape index (κ2) is 10.8. The summed E-state index contributed by atoms with van der Waals surface area (Å²) in [5.41, 5.74) is 0.377. The lowest BCUT2D eigenvalue weighted by molar-refractivity contribution is -0.943. The Balaban J connectivity index is 1.31.